The summed E-state index contributed by atoms with van der Waals surface area (Å²) < 4.78 is 10.5. The maximum absolute atomic E-state index is 12.2. The van der Waals surface area contributed by atoms with E-state index in [9.17, 15) is 9.90 Å². The lowest BCUT2D eigenvalue weighted by atomic mass is 9.92. The Kier molecular flexibility index (Phi) is 3.72. The van der Waals surface area contributed by atoms with E-state index < -0.39 is 6.10 Å². The summed E-state index contributed by atoms with van der Waals surface area (Å²) in [5.41, 5.74) is 0.414. The van der Waals surface area contributed by atoms with E-state index >= 15 is 0 Å². The third kappa shape index (κ3) is 2.55. The van der Waals surface area contributed by atoms with E-state index in [4.69, 9.17) is 21.1 Å². The van der Waals surface area contributed by atoms with Gasteiger partial charge in [0.25, 0.3) is 5.91 Å². The summed E-state index contributed by atoms with van der Waals surface area (Å²) in [4.78, 5) is 12.2. The van der Waals surface area contributed by atoms with Crippen LogP contribution in [0.2, 0.25) is 5.02 Å². The Hall–Kier alpha value is -1.46. The molecule has 0 aromatic heterocycles. The van der Waals surface area contributed by atoms with E-state index in [1.165, 1.54) is 0 Å². The Morgan fingerprint density at radius 3 is 2.90 bits per heavy atom. The van der Waals surface area contributed by atoms with Crippen LogP contribution < -0.4 is 14.8 Å². The maximum Gasteiger partial charge on any atom is 0.251 e. The molecule has 3 rings (SSSR count). The summed E-state index contributed by atoms with van der Waals surface area (Å²) in [5, 5.41) is 13.1. The van der Waals surface area contributed by atoms with Crippen LogP contribution in [-0.2, 0) is 0 Å². The van der Waals surface area contributed by atoms with Gasteiger partial charge in [-0.15, -0.1) is 0 Å². The Labute approximate surface area is 121 Å². The molecule has 1 amide bonds. The second-order valence-electron chi connectivity index (χ2n) is 5.12. The number of hydrogen-bond donors (Lipinski definition) is 2. The van der Waals surface area contributed by atoms with Crippen molar-refractivity contribution in [3.05, 3.63) is 22.7 Å². The molecule has 1 saturated carbocycles. The van der Waals surface area contributed by atoms with E-state index in [0.29, 0.717) is 22.1 Å². The molecule has 2 aliphatic rings. The van der Waals surface area contributed by atoms with Crippen LogP contribution in [0.15, 0.2) is 12.1 Å². The van der Waals surface area contributed by atoms with Crippen molar-refractivity contribution in [3.63, 3.8) is 0 Å². The smallest absolute Gasteiger partial charge is 0.251 e. The predicted molar refractivity (Wildman–Crippen MR) is 73.3 cm³/mol. The largest absolute Gasteiger partial charge is 0.454 e. The van der Waals surface area contributed by atoms with Gasteiger partial charge in [-0.2, -0.15) is 0 Å². The number of aliphatic hydroxyl groups excluding tert-OH is 1. The Morgan fingerprint density at radius 2 is 2.10 bits per heavy atom. The standard InChI is InChI=1S/C14H16ClNO4/c15-9-5-8(6-12-13(9)20-7-19-12)14(18)16-10-3-1-2-4-11(10)17/h5-6,10-11,17H,1-4,7H2,(H,16,18)/t10-,11-/m1/s1. The molecule has 0 radical (unpaired) electrons. The topological polar surface area (TPSA) is 67.8 Å². The van der Waals surface area contributed by atoms with E-state index in [2.05, 4.69) is 5.32 Å². The molecule has 2 atom stereocenters. The zero-order valence-electron chi connectivity index (χ0n) is 10.9. The van der Waals surface area contributed by atoms with Crippen molar-refractivity contribution in [1.82, 2.24) is 5.32 Å². The van der Waals surface area contributed by atoms with Gasteiger partial charge < -0.3 is 19.9 Å². The number of carbonyl (C=O) groups excluding carboxylic acids is 1. The number of benzene rings is 1. The van der Waals surface area contributed by atoms with Gasteiger partial charge in [0.1, 0.15) is 0 Å². The van der Waals surface area contributed by atoms with Crippen LogP contribution in [0.5, 0.6) is 11.5 Å². The molecule has 1 aromatic carbocycles. The number of rotatable bonds is 2. The van der Waals surface area contributed by atoms with Gasteiger partial charge in [-0.1, -0.05) is 24.4 Å². The van der Waals surface area contributed by atoms with Crippen molar-refractivity contribution >= 4 is 17.5 Å². The first-order valence-electron chi connectivity index (χ1n) is 6.73. The molecule has 1 heterocycles. The summed E-state index contributed by atoms with van der Waals surface area (Å²) in [6.07, 6.45) is 3.07. The minimum absolute atomic E-state index is 0.113. The molecule has 6 heteroatoms. The van der Waals surface area contributed by atoms with Crippen LogP contribution in [0.25, 0.3) is 0 Å². The van der Waals surface area contributed by atoms with Crippen molar-refractivity contribution in [2.75, 3.05) is 6.79 Å². The first-order valence-corrected chi connectivity index (χ1v) is 7.11. The first-order chi connectivity index (χ1) is 9.65. The zero-order chi connectivity index (χ0) is 14.1. The predicted octanol–water partition coefficient (Wildman–Crippen LogP) is 2.10. The quantitative estimate of drug-likeness (QED) is 0.877. The molecule has 1 aliphatic carbocycles. The molecule has 1 fully saturated rings. The summed E-state index contributed by atoms with van der Waals surface area (Å²) in [6.45, 7) is 0.113. The Morgan fingerprint density at radius 1 is 1.30 bits per heavy atom. The fourth-order valence-corrected chi connectivity index (χ4v) is 2.90. The molecule has 0 spiro atoms. The van der Waals surface area contributed by atoms with E-state index in [-0.39, 0.29) is 18.7 Å². The third-order valence-corrected chi connectivity index (χ3v) is 4.02. The average Bonchev–Trinajstić information content (AvgIpc) is 2.90. The number of carbonyl (C=O) groups is 1. The van der Waals surface area contributed by atoms with Gasteiger partial charge in [-0.3, -0.25) is 4.79 Å². The number of hydrogen-bond acceptors (Lipinski definition) is 4. The highest BCUT2D eigenvalue weighted by Crippen LogP contribution is 2.39. The summed E-state index contributed by atoms with van der Waals surface area (Å²) in [7, 11) is 0. The van der Waals surface area contributed by atoms with Crippen molar-refractivity contribution in [1.29, 1.82) is 0 Å². The molecule has 0 saturated heterocycles. The number of nitrogens with one attached hydrogen (secondary N) is 1. The van der Waals surface area contributed by atoms with Gasteiger partial charge in [0.15, 0.2) is 11.5 Å². The maximum atomic E-state index is 12.2. The van der Waals surface area contributed by atoms with Gasteiger partial charge in [0, 0.05) is 5.56 Å². The van der Waals surface area contributed by atoms with Crippen molar-refractivity contribution < 1.29 is 19.4 Å². The number of amides is 1. The number of fused-ring (bicyclic) bond motifs is 1. The van der Waals surface area contributed by atoms with Crippen LogP contribution in [0.1, 0.15) is 36.0 Å². The highest BCUT2D eigenvalue weighted by molar-refractivity contribution is 6.32. The Balaban J connectivity index is 1.75. The molecule has 1 aliphatic heterocycles. The molecule has 1 aromatic rings. The summed E-state index contributed by atoms with van der Waals surface area (Å²) in [5.74, 6) is 0.698. The third-order valence-electron chi connectivity index (χ3n) is 3.74. The average molecular weight is 298 g/mol. The normalized spacial score (nSPS) is 24.5. The molecule has 20 heavy (non-hydrogen) atoms. The van der Waals surface area contributed by atoms with Gasteiger partial charge in [-0.05, 0) is 25.0 Å². The molecule has 2 N–H and O–H groups in total. The van der Waals surface area contributed by atoms with Gasteiger partial charge in [0.2, 0.25) is 6.79 Å². The highest BCUT2D eigenvalue weighted by Gasteiger charge is 2.26. The summed E-state index contributed by atoms with van der Waals surface area (Å²) in [6, 6.07) is 2.97. The van der Waals surface area contributed by atoms with Crippen molar-refractivity contribution in [2.45, 2.75) is 37.8 Å². The van der Waals surface area contributed by atoms with Gasteiger partial charge in [-0.25, -0.2) is 0 Å². The molecular weight excluding hydrogens is 282 g/mol. The fraction of sp³-hybridized carbons (Fsp3) is 0.500. The number of halogens is 1. The lowest BCUT2D eigenvalue weighted by molar-refractivity contribution is 0.0717. The number of ether oxygens (including phenoxy) is 2. The van der Waals surface area contributed by atoms with Crippen LogP contribution in [0.4, 0.5) is 0 Å². The van der Waals surface area contributed by atoms with Crippen LogP contribution in [0, 0.1) is 0 Å². The summed E-state index contributed by atoms with van der Waals surface area (Å²) >= 11 is 6.06. The lowest BCUT2D eigenvalue weighted by Crippen LogP contribution is -2.45. The molecule has 0 bridgehead atoms. The lowest BCUT2D eigenvalue weighted by Gasteiger charge is -2.28. The monoisotopic (exact) mass is 297 g/mol. The minimum atomic E-state index is -0.475. The molecule has 108 valence electrons. The molecular formula is C14H16ClNO4. The van der Waals surface area contributed by atoms with Crippen molar-refractivity contribution in [2.24, 2.45) is 0 Å². The highest BCUT2D eigenvalue weighted by atomic mass is 35.5. The number of aliphatic hydroxyl groups is 1. The van der Waals surface area contributed by atoms with E-state index in [0.717, 1.165) is 25.7 Å². The van der Waals surface area contributed by atoms with Gasteiger partial charge in [0.05, 0.1) is 17.2 Å². The van der Waals surface area contributed by atoms with Crippen LogP contribution in [-0.4, -0.2) is 30.0 Å². The zero-order valence-corrected chi connectivity index (χ0v) is 11.7. The molecule has 0 unspecified atom stereocenters. The Bertz CT molecular complexity index is 534. The minimum Gasteiger partial charge on any atom is -0.454 e. The first kappa shape index (κ1) is 13.5. The second-order valence-corrected chi connectivity index (χ2v) is 5.53. The second kappa shape index (κ2) is 5.50. The molecule has 5 nitrogen and oxygen atoms in total. The van der Waals surface area contributed by atoms with Crippen LogP contribution >= 0.6 is 11.6 Å². The SMILES string of the molecule is O=C(N[C@@H]1CCCC[C@H]1O)c1cc(Cl)c2c(c1)OCO2. The van der Waals surface area contributed by atoms with E-state index in [1.807, 2.05) is 0 Å². The van der Waals surface area contributed by atoms with Gasteiger partial charge >= 0.3 is 0 Å². The fourth-order valence-electron chi connectivity index (χ4n) is 2.63. The van der Waals surface area contributed by atoms with Crippen LogP contribution in [0.3, 0.4) is 0 Å². The van der Waals surface area contributed by atoms with E-state index in [1.54, 1.807) is 12.1 Å². The van der Waals surface area contributed by atoms with Crippen molar-refractivity contribution in [3.8, 4) is 11.5 Å².